The molecule has 5 heteroatoms. The van der Waals surface area contributed by atoms with Crippen molar-refractivity contribution in [2.24, 2.45) is 15.7 Å². The van der Waals surface area contributed by atoms with E-state index in [1.54, 1.807) is 0 Å². The van der Waals surface area contributed by atoms with Gasteiger partial charge in [0.15, 0.2) is 0 Å². The van der Waals surface area contributed by atoms with Crippen LogP contribution < -0.4 is 11.1 Å². The molecule has 1 atom stereocenters. The lowest BCUT2D eigenvalue weighted by Gasteiger charge is -2.35. The van der Waals surface area contributed by atoms with Crippen LogP contribution in [0.25, 0.3) is 0 Å². The largest absolute Gasteiger partial charge is 0.336 e. The molecule has 5 nitrogen and oxygen atoms in total. The highest BCUT2D eigenvalue weighted by atomic mass is 15.4. The van der Waals surface area contributed by atoms with Gasteiger partial charge in [-0.25, -0.2) is 9.98 Å². The summed E-state index contributed by atoms with van der Waals surface area (Å²) in [7, 11) is 0. The highest BCUT2D eigenvalue weighted by molar-refractivity contribution is 5.93. The lowest BCUT2D eigenvalue weighted by molar-refractivity contribution is 0.541. The molecule has 3 aliphatic rings. The monoisotopic (exact) mass is 187 g/mol. The van der Waals surface area contributed by atoms with E-state index in [0.29, 0.717) is 0 Å². The molecule has 0 spiro atoms. The molecule has 0 radical (unpaired) electrons. The molecule has 0 amide bonds. The zero-order valence-corrected chi connectivity index (χ0v) is 7.38. The Bertz CT molecular complexity index is 426. The van der Waals surface area contributed by atoms with Gasteiger partial charge in [0, 0.05) is 5.70 Å². The summed E-state index contributed by atoms with van der Waals surface area (Å²) in [6, 6.07) is 0. The minimum absolute atomic E-state index is 0.185. The maximum atomic E-state index is 5.78. The van der Waals surface area contributed by atoms with Crippen LogP contribution in [0.15, 0.2) is 45.8 Å². The van der Waals surface area contributed by atoms with Gasteiger partial charge < -0.3 is 11.1 Å². The van der Waals surface area contributed by atoms with E-state index in [-0.39, 0.29) is 6.17 Å². The van der Waals surface area contributed by atoms with Gasteiger partial charge in [0.25, 0.3) is 0 Å². The summed E-state index contributed by atoms with van der Waals surface area (Å²) in [5, 5.41) is 3.06. The first kappa shape index (κ1) is 7.52. The molecule has 0 aliphatic carbocycles. The van der Waals surface area contributed by atoms with Gasteiger partial charge in [-0.2, -0.15) is 0 Å². The molecule has 1 unspecified atom stereocenters. The van der Waals surface area contributed by atoms with Crippen LogP contribution in [0.5, 0.6) is 0 Å². The normalized spacial score (nSPS) is 27.4. The molecular weight excluding hydrogens is 178 g/mol. The quantitative estimate of drug-likeness (QED) is 0.555. The number of hydrogen-bond donors (Lipinski definition) is 2. The number of allylic oxidation sites excluding steroid dienone is 3. The van der Waals surface area contributed by atoms with Gasteiger partial charge in [-0.3, -0.25) is 4.90 Å². The number of nitrogens with zero attached hydrogens (tertiary/aromatic N) is 3. The molecule has 3 heterocycles. The molecule has 0 aromatic heterocycles. The second kappa shape index (κ2) is 2.55. The fourth-order valence-electron chi connectivity index (χ4n) is 1.65. The van der Waals surface area contributed by atoms with Crippen molar-refractivity contribution in [2.45, 2.75) is 6.17 Å². The lowest BCUT2D eigenvalue weighted by Crippen LogP contribution is -2.53. The topological polar surface area (TPSA) is 66.0 Å². The van der Waals surface area contributed by atoms with Crippen LogP contribution in [0, 0.1) is 0 Å². The maximum Gasteiger partial charge on any atom is 0.212 e. The van der Waals surface area contributed by atoms with Crippen molar-refractivity contribution < 1.29 is 0 Å². The number of aliphatic imine (C=N–C) groups is 2. The third-order valence-corrected chi connectivity index (χ3v) is 2.23. The van der Waals surface area contributed by atoms with Crippen molar-refractivity contribution in [3.05, 3.63) is 35.8 Å². The molecule has 0 saturated heterocycles. The number of hydrogen-bond acceptors (Lipinski definition) is 5. The van der Waals surface area contributed by atoms with Crippen molar-refractivity contribution in [1.82, 2.24) is 10.2 Å². The van der Waals surface area contributed by atoms with Gasteiger partial charge in [0.2, 0.25) is 5.96 Å². The first-order chi connectivity index (χ1) is 6.84. The van der Waals surface area contributed by atoms with Crippen molar-refractivity contribution in [3.8, 4) is 0 Å². The Kier molecular flexibility index (Phi) is 1.37. The van der Waals surface area contributed by atoms with E-state index in [4.69, 9.17) is 5.73 Å². The molecule has 0 fully saturated rings. The molecule has 70 valence electrons. The summed E-state index contributed by atoms with van der Waals surface area (Å²) in [5.41, 5.74) is 6.80. The van der Waals surface area contributed by atoms with Gasteiger partial charge in [0.1, 0.15) is 12.2 Å². The van der Waals surface area contributed by atoms with Gasteiger partial charge in [-0.05, 0) is 18.2 Å². The van der Waals surface area contributed by atoms with Crippen molar-refractivity contribution in [1.29, 1.82) is 0 Å². The standard InChI is InChI=1S/C9H9N5/c10-7-4-6-2-1-3-8-11-5-12-9(13-7)14(6)8/h1-5,7H,10H2,(H,11,12,13). The van der Waals surface area contributed by atoms with Crippen LogP contribution in [-0.2, 0) is 0 Å². The fourth-order valence-corrected chi connectivity index (χ4v) is 1.65. The highest BCUT2D eigenvalue weighted by Gasteiger charge is 2.27. The van der Waals surface area contributed by atoms with Gasteiger partial charge >= 0.3 is 0 Å². The van der Waals surface area contributed by atoms with Crippen LogP contribution in [0.4, 0.5) is 0 Å². The second-order valence-corrected chi connectivity index (χ2v) is 3.18. The zero-order chi connectivity index (χ0) is 9.54. The molecule has 14 heavy (non-hydrogen) atoms. The third-order valence-electron chi connectivity index (χ3n) is 2.23. The van der Waals surface area contributed by atoms with Crippen LogP contribution in [0.2, 0.25) is 0 Å². The zero-order valence-electron chi connectivity index (χ0n) is 7.38. The Morgan fingerprint density at radius 1 is 1.50 bits per heavy atom. The summed E-state index contributed by atoms with van der Waals surface area (Å²) < 4.78 is 0. The molecule has 3 aliphatic heterocycles. The molecule has 0 saturated carbocycles. The Balaban J connectivity index is 2.16. The Labute approximate surface area is 81.0 Å². The Hall–Kier alpha value is -1.88. The summed E-state index contributed by atoms with van der Waals surface area (Å²) in [6.07, 6.45) is 9.15. The van der Waals surface area contributed by atoms with Crippen molar-refractivity contribution in [2.75, 3.05) is 0 Å². The Morgan fingerprint density at radius 3 is 3.36 bits per heavy atom. The number of nitrogens with two attached hydrogens (primary N) is 1. The van der Waals surface area contributed by atoms with Gasteiger partial charge in [-0.1, -0.05) is 6.08 Å². The van der Waals surface area contributed by atoms with Gasteiger partial charge in [-0.15, -0.1) is 0 Å². The second-order valence-electron chi connectivity index (χ2n) is 3.18. The van der Waals surface area contributed by atoms with E-state index in [1.165, 1.54) is 6.34 Å². The summed E-state index contributed by atoms with van der Waals surface area (Å²) in [4.78, 5) is 10.2. The molecule has 3 N–H and O–H groups in total. The van der Waals surface area contributed by atoms with Gasteiger partial charge in [0.05, 0.1) is 6.17 Å². The van der Waals surface area contributed by atoms with E-state index >= 15 is 0 Å². The molecule has 0 aromatic rings. The van der Waals surface area contributed by atoms with Crippen molar-refractivity contribution >= 4 is 12.3 Å². The minimum atomic E-state index is -0.185. The van der Waals surface area contributed by atoms with Crippen LogP contribution in [0.3, 0.4) is 0 Å². The smallest absolute Gasteiger partial charge is 0.212 e. The summed E-state index contributed by atoms with van der Waals surface area (Å²) in [6.45, 7) is 0. The third kappa shape index (κ3) is 0.928. The summed E-state index contributed by atoms with van der Waals surface area (Å²) >= 11 is 0. The predicted octanol–water partition coefficient (Wildman–Crippen LogP) is -0.131. The molecule has 3 rings (SSSR count). The number of nitrogens with one attached hydrogen (secondary N) is 1. The van der Waals surface area contributed by atoms with Crippen LogP contribution in [-0.4, -0.2) is 23.4 Å². The average molecular weight is 187 g/mol. The number of rotatable bonds is 0. The highest BCUT2D eigenvalue weighted by Crippen LogP contribution is 2.24. The lowest BCUT2D eigenvalue weighted by atomic mass is 10.2. The van der Waals surface area contributed by atoms with E-state index in [2.05, 4.69) is 15.3 Å². The van der Waals surface area contributed by atoms with E-state index in [0.717, 1.165) is 17.5 Å². The minimum Gasteiger partial charge on any atom is -0.336 e. The van der Waals surface area contributed by atoms with Crippen LogP contribution >= 0.6 is 0 Å². The fraction of sp³-hybridized carbons (Fsp3) is 0.111. The SMILES string of the molecule is NC1C=C2C=CC=C3N=CN=C(N1)N23. The Morgan fingerprint density at radius 2 is 2.43 bits per heavy atom. The van der Waals surface area contributed by atoms with Crippen LogP contribution in [0.1, 0.15) is 0 Å². The summed E-state index contributed by atoms with van der Waals surface area (Å²) in [5.74, 6) is 1.60. The maximum absolute atomic E-state index is 5.78. The van der Waals surface area contributed by atoms with E-state index < -0.39 is 0 Å². The molecular formula is C9H9N5. The molecule has 0 bridgehead atoms. The first-order valence-electron chi connectivity index (χ1n) is 4.37. The average Bonchev–Trinajstić information content (AvgIpc) is 2.18. The van der Waals surface area contributed by atoms with Crippen molar-refractivity contribution in [3.63, 3.8) is 0 Å². The number of guanidine groups is 1. The first-order valence-corrected chi connectivity index (χ1v) is 4.37. The van der Waals surface area contributed by atoms with E-state index in [9.17, 15) is 0 Å². The predicted molar refractivity (Wildman–Crippen MR) is 54.2 cm³/mol. The molecule has 0 aromatic carbocycles. The van der Waals surface area contributed by atoms with E-state index in [1.807, 2.05) is 29.2 Å².